The molecule has 238 valence electrons. The van der Waals surface area contributed by atoms with E-state index in [0.717, 1.165) is 30.3 Å². The second kappa shape index (κ2) is 13.9. The fourth-order valence-electron chi connectivity index (χ4n) is 3.66. The predicted octanol–water partition coefficient (Wildman–Crippen LogP) is 5.38. The molecule has 0 aliphatic heterocycles. The molecule has 2 atom stereocenters. The highest BCUT2D eigenvalue weighted by atomic mass is 19.4. The summed E-state index contributed by atoms with van der Waals surface area (Å²) in [6.07, 6.45) is -15.1. The highest BCUT2D eigenvalue weighted by Crippen LogP contribution is 2.31. The number of esters is 3. The summed E-state index contributed by atoms with van der Waals surface area (Å²) in [6, 6.07) is 10.2. The van der Waals surface area contributed by atoms with E-state index >= 15 is 0 Å². The number of hydrogen-bond donors (Lipinski definition) is 2. The summed E-state index contributed by atoms with van der Waals surface area (Å²) >= 11 is 0. The van der Waals surface area contributed by atoms with Gasteiger partial charge in [0, 0.05) is 5.69 Å². The third-order valence-electron chi connectivity index (χ3n) is 5.74. The van der Waals surface area contributed by atoms with Crippen molar-refractivity contribution in [1.82, 2.24) is 0 Å². The molecule has 0 aliphatic carbocycles. The van der Waals surface area contributed by atoms with Gasteiger partial charge in [0.05, 0.1) is 34.4 Å². The van der Waals surface area contributed by atoms with Gasteiger partial charge in [-0.15, -0.1) is 0 Å². The first-order valence-electron chi connectivity index (χ1n) is 12.6. The standard InChI is InChI=1S/C29H21F6NO9/c1-2-43-25(40)17-8-5-11-20(14-17)36-23(37)21(44-26(41)15-6-3-9-18(12-15)28(30,31)32)22(24(38)39)45-27(42)16-7-4-10-19(13-16)29(33,34)35/h3-14,21-22H,2H2,1H3,(H,36,37)(H,38,39)/t21-,22+/m0/s1. The molecule has 0 radical (unpaired) electrons. The van der Waals surface area contributed by atoms with Crippen molar-refractivity contribution < 1.29 is 69.6 Å². The average Bonchev–Trinajstić information content (AvgIpc) is 2.98. The van der Waals surface area contributed by atoms with Gasteiger partial charge in [0.2, 0.25) is 12.2 Å². The van der Waals surface area contributed by atoms with Crippen molar-refractivity contribution in [2.45, 2.75) is 31.5 Å². The van der Waals surface area contributed by atoms with Gasteiger partial charge in [-0.2, -0.15) is 26.3 Å². The molecule has 3 aromatic carbocycles. The fraction of sp³-hybridized carbons (Fsp3) is 0.207. The zero-order chi connectivity index (χ0) is 33.5. The first-order valence-corrected chi connectivity index (χ1v) is 12.6. The van der Waals surface area contributed by atoms with Crippen LogP contribution < -0.4 is 5.32 Å². The number of benzene rings is 3. The Morgan fingerprint density at radius 3 is 1.58 bits per heavy atom. The molecular weight excluding hydrogens is 620 g/mol. The lowest BCUT2D eigenvalue weighted by atomic mass is 10.1. The van der Waals surface area contributed by atoms with Crippen LogP contribution in [0.1, 0.15) is 49.1 Å². The molecule has 0 unspecified atom stereocenters. The first-order chi connectivity index (χ1) is 21.0. The summed E-state index contributed by atoms with van der Waals surface area (Å²) in [5.41, 5.74) is -4.41. The summed E-state index contributed by atoms with van der Waals surface area (Å²) in [5.74, 6) is -7.75. The number of amides is 1. The molecule has 3 aromatic rings. The quantitative estimate of drug-likeness (QED) is 0.169. The lowest BCUT2D eigenvalue weighted by Crippen LogP contribution is -2.48. The highest BCUT2D eigenvalue weighted by Gasteiger charge is 2.42. The highest BCUT2D eigenvalue weighted by molar-refractivity contribution is 6.02. The van der Waals surface area contributed by atoms with Gasteiger partial charge in [0.1, 0.15) is 0 Å². The third-order valence-corrected chi connectivity index (χ3v) is 5.74. The molecule has 0 fully saturated rings. The fourth-order valence-corrected chi connectivity index (χ4v) is 3.66. The number of ether oxygens (including phenoxy) is 3. The number of nitrogens with one attached hydrogen (secondary N) is 1. The van der Waals surface area contributed by atoms with Gasteiger partial charge in [-0.1, -0.05) is 18.2 Å². The van der Waals surface area contributed by atoms with E-state index in [1.165, 1.54) is 25.1 Å². The SMILES string of the molecule is CCOC(=O)c1cccc(NC(=O)[C@@H](OC(=O)c2cccc(C(F)(F)F)c2)[C@@H](OC(=O)c2cccc(C(F)(F)F)c2)C(=O)O)c1. The van der Waals surface area contributed by atoms with Crippen molar-refractivity contribution >= 4 is 35.5 Å². The van der Waals surface area contributed by atoms with E-state index in [-0.39, 0.29) is 17.9 Å². The molecular formula is C29H21F6NO9. The molecule has 16 heteroatoms. The Labute approximate surface area is 249 Å². The third kappa shape index (κ3) is 9.04. The van der Waals surface area contributed by atoms with Gasteiger partial charge in [-0.3, -0.25) is 4.79 Å². The molecule has 0 aromatic heterocycles. The Morgan fingerprint density at radius 1 is 0.689 bits per heavy atom. The van der Waals surface area contributed by atoms with Crippen LogP contribution in [-0.4, -0.2) is 53.7 Å². The lowest BCUT2D eigenvalue weighted by Gasteiger charge is -2.24. The number of carboxylic acid groups (broad SMARTS) is 1. The zero-order valence-electron chi connectivity index (χ0n) is 22.8. The summed E-state index contributed by atoms with van der Waals surface area (Å²) in [4.78, 5) is 63.1. The molecule has 0 bridgehead atoms. The Balaban J connectivity index is 1.99. The van der Waals surface area contributed by atoms with Crippen molar-refractivity contribution in [3.05, 3.63) is 101 Å². The topological polar surface area (TPSA) is 145 Å². The minimum absolute atomic E-state index is 0.000518. The Morgan fingerprint density at radius 2 is 1.13 bits per heavy atom. The summed E-state index contributed by atoms with van der Waals surface area (Å²) in [6.45, 7) is 1.53. The summed E-state index contributed by atoms with van der Waals surface area (Å²) in [7, 11) is 0. The van der Waals surface area contributed by atoms with E-state index in [9.17, 15) is 55.4 Å². The van der Waals surface area contributed by atoms with Crippen molar-refractivity contribution in [3.8, 4) is 0 Å². The Kier molecular flexibility index (Phi) is 10.5. The molecule has 0 saturated carbocycles. The number of hydrogen-bond acceptors (Lipinski definition) is 8. The molecule has 45 heavy (non-hydrogen) atoms. The largest absolute Gasteiger partial charge is 0.478 e. The van der Waals surface area contributed by atoms with Gasteiger partial charge in [-0.25, -0.2) is 19.2 Å². The molecule has 10 nitrogen and oxygen atoms in total. The predicted molar refractivity (Wildman–Crippen MR) is 140 cm³/mol. The maximum atomic E-state index is 13.3. The molecule has 2 N–H and O–H groups in total. The maximum Gasteiger partial charge on any atom is 0.416 e. The van der Waals surface area contributed by atoms with E-state index in [2.05, 4.69) is 5.32 Å². The summed E-state index contributed by atoms with van der Waals surface area (Å²) < 4.78 is 93.6. The second-order valence-electron chi connectivity index (χ2n) is 8.94. The lowest BCUT2D eigenvalue weighted by molar-refractivity contribution is -0.157. The van der Waals surface area contributed by atoms with Gasteiger partial charge < -0.3 is 24.6 Å². The number of aliphatic carboxylic acids is 1. The van der Waals surface area contributed by atoms with Crippen LogP contribution in [0, 0.1) is 0 Å². The van der Waals surface area contributed by atoms with Crippen LogP contribution in [-0.2, 0) is 36.2 Å². The van der Waals surface area contributed by atoms with Crippen molar-refractivity contribution in [3.63, 3.8) is 0 Å². The Bertz CT molecular complexity index is 1600. The van der Waals surface area contributed by atoms with Crippen LogP contribution in [0.15, 0.2) is 72.8 Å². The molecule has 3 rings (SSSR count). The van der Waals surface area contributed by atoms with Gasteiger partial charge in [0.25, 0.3) is 5.91 Å². The van der Waals surface area contributed by atoms with E-state index in [4.69, 9.17) is 14.2 Å². The monoisotopic (exact) mass is 641 g/mol. The summed E-state index contributed by atoms with van der Waals surface area (Å²) in [5, 5.41) is 12.0. The van der Waals surface area contributed by atoms with E-state index in [0.29, 0.717) is 24.3 Å². The number of anilines is 1. The van der Waals surface area contributed by atoms with Crippen LogP contribution in [0.3, 0.4) is 0 Å². The van der Waals surface area contributed by atoms with Crippen LogP contribution in [0.5, 0.6) is 0 Å². The van der Waals surface area contributed by atoms with Crippen molar-refractivity contribution in [2.75, 3.05) is 11.9 Å². The van der Waals surface area contributed by atoms with Crippen molar-refractivity contribution in [1.29, 1.82) is 0 Å². The maximum absolute atomic E-state index is 13.3. The number of carboxylic acids is 1. The van der Waals surface area contributed by atoms with Gasteiger partial charge in [0.15, 0.2) is 0 Å². The van der Waals surface area contributed by atoms with E-state index in [1.54, 1.807) is 0 Å². The van der Waals surface area contributed by atoms with Gasteiger partial charge in [-0.05, 0) is 61.5 Å². The molecule has 0 aliphatic rings. The average molecular weight is 641 g/mol. The van der Waals surface area contributed by atoms with Crippen LogP contribution >= 0.6 is 0 Å². The van der Waals surface area contributed by atoms with E-state index < -0.39 is 76.6 Å². The smallest absolute Gasteiger partial charge is 0.416 e. The number of alkyl halides is 6. The van der Waals surface area contributed by atoms with Crippen LogP contribution in [0.4, 0.5) is 32.0 Å². The molecule has 0 saturated heterocycles. The number of carbonyl (C=O) groups is 5. The zero-order valence-corrected chi connectivity index (χ0v) is 22.8. The number of carbonyl (C=O) groups excluding carboxylic acids is 4. The minimum atomic E-state index is -4.90. The number of rotatable bonds is 10. The van der Waals surface area contributed by atoms with E-state index in [1.807, 2.05) is 0 Å². The minimum Gasteiger partial charge on any atom is -0.478 e. The Hall–Kier alpha value is -5.41. The molecule has 0 spiro atoms. The van der Waals surface area contributed by atoms with Crippen LogP contribution in [0.2, 0.25) is 0 Å². The normalized spacial score (nSPS) is 12.8. The number of halogens is 6. The molecule has 0 heterocycles. The van der Waals surface area contributed by atoms with Crippen molar-refractivity contribution in [2.24, 2.45) is 0 Å². The van der Waals surface area contributed by atoms with Crippen LogP contribution in [0.25, 0.3) is 0 Å². The molecule has 1 amide bonds. The first kappa shape index (κ1) is 34.1. The van der Waals surface area contributed by atoms with Gasteiger partial charge >= 0.3 is 36.2 Å². The second-order valence-corrected chi connectivity index (χ2v) is 8.94.